The number of rotatable bonds is 4. The molecule has 4 aromatic rings. The van der Waals surface area contributed by atoms with Gasteiger partial charge in [0.05, 0.1) is 4.88 Å². The fraction of sp³-hybridized carbons (Fsp3) is 0.167. The molecule has 1 N–H and O–H groups in total. The van der Waals surface area contributed by atoms with E-state index < -0.39 is 0 Å². The third kappa shape index (κ3) is 3.97. The second kappa shape index (κ2) is 7.21. The van der Waals surface area contributed by atoms with Crippen LogP contribution in [0, 0.1) is 0 Å². The van der Waals surface area contributed by atoms with E-state index in [1.54, 1.807) is 35.6 Å². The molecule has 0 saturated carbocycles. The Balaban J connectivity index is 1.75. The van der Waals surface area contributed by atoms with Crippen molar-refractivity contribution in [2.45, 2.75) is 26.4 Å². The average molecular weight is 391 g/mol. The number of hydrogen-bond acceptors (Lipinski definition) is 4. The van der Waals surface area contributed by atoms with Gasteiger partial charge in [-0.05, 0) is 87.0 Å². The zero-order valence-corrected chi connectivity index (χ0v) is 16.9. The topological polar surface area (TPSA) is 38.7 Å². The van der Waals surface area contributed by atoms with Gasteiger partial charge in [0, 0.05) is 10.1 Å². The van der Waals surface area contributed by atoms with E-state index in [0.29, 0.717) is 5.75 Å². The molecule has 142 valence electrons. The second-order valence-corrected chi connectivity index (χ2v) is 8.64. The number of ether oxygens (including phenoxy) is 2. The summed E-state index contributed by atoms with van der Waals surface area (Å²) in [5.41, 5.74) is 0.850. The van der Waals surface area contributed by atoms with Crippen LogP contribution in [0.1, 0.15) is 20.8 Å². The Morgan fingerprint density at radius 3 is 2.11 bits per heavy atom. The minimum Gasteiger partial charge on any atom is -0.508 e. The molecule has 0 saturated heterocycles. The van der Waals surface area contributed by atoms with Gasteiger partial charge in [0.25, 0.3) is 0 Å². The lowest BCUT2D eigenvalue weighted by Gasteiger charge is -2.21. The fourth-order valence-electron chi connectivity index (χ4n) is 2.97. The first-order valence-corrected chi connectivity index (χ1v) is 9.98. The van der Waals surface area contributed by atoms with Crippen molar-refractivity contribution in [3.05, 3.63) is 72.8 Å². The molecule has 0 spiro atoms. The Hall–Kier alpha value is -2.98. The number of phenolic OH excluding ortho intramolecular Hbond substituents is 1. The lowest BCUT2D eigenvalue weighted by molar-refractivity contribution is 0.131. The van der Waals surface area contributed by atoms with E-state index in [0.717, 1.165) is 27.3 Å². The highest BCUT2D eigenvalue weighted by Gasteiger charge is 2.17. The second-order valence-electron chi connectivity index (χ2n) is 7.59. The number of aromatic hydroxyl groups is 1. The first-order valence-electron chi connectivity index (χ1n) is 9.17. The molecule has 0 atom stereocenters. The van der Waals surface area contributed by atoms with E-state index in [1.807, 2.05) is 45.0 Å². The van der Waals surface area contributed by atoms with Crippen LogP contribution in [0.5, 0.6) is 23.0 Å². The monoisotopic (exact) mass is 390 g/mol. The maximum absolute atomic E-state index is 9.53. The van der Waals surface area contributed by atoms with Crippen LogP contribution in [-0.2, 0) is 0 Å². The molecular formula is C24H22O3S. The van der Waals surface area contributed by atoms with Gasteiger partial charge < -0.3 is 14.6 Å². The molecule has 1 heterocycles. The first kappa shape index (κ1) is 18.4. The summed E-state index contributed by atoms with van der Waals surface area (Å²) in [4.78, 5) is 1.07. The zero-order valence-electron chi connectivity index (χ0n) is 16.1. The molecule has 4 rings (SSSR count). The normalized spacial score (nSPS) is 11.5. The van der Waals surface area contributed by atoms with Gasteiger partial charge >= 0.3 is 0 Å². The molecule has 0 fully saturated rings. The van der Waals surface area contributed by atoms with Crippen LogP contribution in [-0.4, -0.2) is 10.7 Å². The molecule has 0 amide bonds. The average Bonchev–Trinajstić information content (AvgIpc) is 3.01. The maximum Gasteiger partial charge on any atom is 0.153 e. The Kier molecular flexibility index (Phi) is 4.73. The highest BCUT2D eigenvalue weighted by molar-refractivity contribution is 7.22. The van der Waals surface area contributed by atoms with Crippen molar-refractivity contribution >= 4 is 21.4 Å². The summed E-state index contributed by atoms with van der Waals surface area (Å²) in [5.74, 6) is 2.58. The van der Waals surface area contributed by atoms with Crippen LogP contribution in [0.25, 0.3) is 20.5 Å². The minimum absolute atomic E-state index is 0.220. The highest BCUT2D eigenvalue weighted by atomic mass is 32.1. The van der Waals surface area contributed by atoms with Gasteiger partial charge in [0.1, 0.15) is 22.8 Å². The van der Waals surface area contributed by atoms with Crippen LogP contribution >= 0.6 is 11.3 Å². The molecule has 3 nitrogen and oxygen atoms in total. The highest BCUT2D eigenvalue weighted by Crippen LogP contribution is 2.46. The summed E-state index contributed by atoms with van der Waals surface area (Å²) in [6, 6.07) is 23.1. The molecule has 0 bridgehead atoms. The summed E-state index contributed by atoms with van der Waals surface area (Å²) in [6.07, 6.45) is 0. The van der Waals surface area contributed by atoms with E-state index >= 15 is 0 Å². The van der Waals surface area contributed by atoms with E-state index in [9.17, 15) is 5.11 Å². The molecule has 0 aliphatic carbocycles. The lowest BCUT2D eigenvalue weighted by atomic mass is 10.1. The van der Waals surface area contributed by atoms with Crippen LogP contribution in [0.2, 0.25) is 0 Å². The number of phenols is 1. The predicted octanol–water partition coefficient (Wildman–Crippen LogP) is 7.24. The zero-order chi connectivity index (χ0) is 19.7. The smallest absolute Gasteiger partial charge is 0.153 e. The predicted molar refractivity (Wildman–Crippen MR) is 116 cm³/mol. The molecule has 0 aliphatic heterocycles. The van der Waals surface area contributed by atoms with Crippen LogP contribution in [0.15, 0.2) is 72.8 Å². The third-order valence-corrected chi connectivity index (χ3v) is 5.35. The van der Waals surface area contributed by atoms with Crippen LogP contribution < -0.4 is 9.47 Å². The van der Waals surface area contributed by atoms with Gasteiger partial charge in [-0.15, -0.1) is 11.3 Å². The van der Waals surface area contributed by atoms with Crippen molar-refractivity contribution in [3.8, 4) is 33.4 Å². The molecule has 28 heavy (non-hydrogen) atoms. The summed E-state index contributed by atoms with van der Waals surface area (Å²) >= 11 is 1.70. The number of thiophene rings is 1. The fourth-order valence-corrected chi connectivity index (χ4v) is 4.11. The van der Waals surface area contributed by atoms with Crippen molar-refractivity contribution in [2.75, 3.05) is 0 Å². The molecule has 0 radical (unpaired) electrons. The van der Waals surface area contributed by atoms with E-state index in [1.165, 1.54) is 4.70 Å². The molecule has 4 heteroatoms. The van der Waals surface area contributed by atoms with Crippen molar-refractivity contribution in [2.24, 2.45) is 0 Å². The summed E-state index contributed by atoms with van der Waals surface area (Å²) < 4.78 is 13.4. The quantitative estimate of drug-likeness (QED) is 0.399. The van der Waals surface area contributed by atoms with E-state index in [2.05, 4.69) is 24.3 Å². The molecule has 3 aromatic carbocycles. The van der Waals surface area contributed by atoms with E-state index in [4.69, 9.17) is 9.47 Å². The van der Waals surface area contributed by atoms with Crippen molar-refractivity contribution < 1.29 is 14.6 Å². The molecule has 1 aromatic heterocycles. The SMILES string of the molecule is CC(C)(C)Oc1ccc(-c2sc3ccccc3c2Oc2ccc(O)cc2)cc1. The Labute approximate surface area is 168 Å². The Morgan fingerprint density at radius 1 is 0.786 bits per heavy atom. The Morgan fingerprint density at radius 2 is 1.43 bits per heavy atom. The van der Waals surface area contributed by atoms with Crippen molar-refractivity contribution in [3.63, 3.8) is 0 Å². The standard InChI is InChI=1S/C24H22O3S/c1-24(2,3)27-19-12-8-16(9-13-19)23-22(20-6-4-5-7-21(20)28-23)26-18-14-10-17(25)11-15-18/h4-15,25H,1-3H3. The maximum atomic E-state index is 9.53. The van der Waals surface area contributed by atoms with E-state index in [-0.39, 0.29) is 11.4 Å². The van der Waals surface area contributed by atoms with Gasteiger partial charge in [0.15, 0.2) is 5.75 Å². The van der Waals surface area contributed by atoms with Gasteiger partial charge in [0.2, 0.25) is 0 Å². The van der Waals surface area contributed by atoms with Crippen molar-refractivity contribution in [1.29, 1.82) is 0 Å². The minimum atomic E-state index is -0.230. The molecule has 0 unspecified atom stereocenters. The lowest BCUT2D eigenvalue weighted by Crippen LogP contribution is -2.22. The van der Waals surface area contributed by atoms with Gasteiger partial charge in [-0.1, -0.05) is 12.1 Å². The number of benzene rings is 3. The third-order valence-electron chi connectivity index (χ3n) is 4.15. The van der Waals surface area contributed by atoms with Gasteiger partial charge in [-0.25, -0.2) is 0 Å². The summed E-state index contributed by atoms with van der Waals surface area (Å²) in [5, 5.41) is 10.6. The van der Waals surface area contributed by atoms with Crippen LogP contribution in [0.3, 0.4) is 0 Å². The van der Waals surface area contributed by atoms with Gasteiger partial charge in [-0.2, -0.15) is 0 Å². The number of fused-ring (bicyclic) bond motifs is 1. The summed E-state index contributed by atoms with van der Waals surface area (Å²) in [6.45, 7) is 6.11. The summed E-state index contributed by atoms with van der Waals surface area (Å²) in [7, 11) is 0. The first-order chi connectivity index (χ1) is 13.4. The molecule has 0 aliphatic rings. The van der Waals surface area contributed by atoms with Crippen LogP contribution in [0.4, 0.5) is 0 Å². The number of hydrogen-bond donors (Lipinski definition) is 1. The largest absolute Gasteiger partial charge is 0.508 e. The molecular weight excluding hydrogens is 368 g/mol. The van der Waals surface area contributed by atoms with Gasteiger partial charge in [-0.3, -0.25) is 0 Å². The Bertz CT molecular complexity index is 1090. The van der Waals surface area contributed by atoms with Crippen molar-refractivity contribution in [1.82, 2.24) is 0 Å².